The van der Waals surface area contributed by atoms with Gasteiger partial charge in [-0.15, -0.1) is 0 Å². The molecule has 41 heavy (non-hydrogen) atoms. The van der Waals surface area contributed by atoms with Crippen LogP contribution in [0.3, 0.4) is 0 Å². The zero-order valence-electron chi connectivity index (χ0n) is 23.5. The van der Waals surface area contributed by atoms with Crippen molar-refractivity contribution in [1.82, 2.24) is 14.8 Å². The van der Waals surface area contributed by atoms with Crippen molar-refractivity contribution in [3.05, 3.63) is 47.8 Å². The van der Waals surface area contributed by atoms with E-state index in [-0.39, 0.29) is 18.0 Å². The standard InChI is InChI=1S/C31H35N7O3/c1-18-14-20-15-25(33-18)24-17-32-37(2)30(24)41-13-3-4-27(19-5-6-19)38-28-12-9-22(34-21-7-10-23(39)11-8-21)16-26(28)35-31(38)36-29(20)40/h9,12,14-17,19,21,27,34H,3-8,10-11,13H2,1-2H3,(H,35,36,40). The molecule has 1 amide bonds. The summed E-state index contributed by atoms with van der Waals surface area (Å²) < 4.78 is 7.99. The largest absolute Gasteiger partial charge is 0.477 e. The second kappa shape index (κ2) is 10.3. The predicted molar refractivity (Wildman–Crippen MR) is 158 cm³/mol. The van der Waals surface area contributed by atoms with Gasteiger partial charge in [0.05, 0.1) is 35.4 Å². The number of rotatable bonds is 3. The number of anilines is 3. The fourth-order valence-electron chi connectivity index (χ4n) is 6.35. The molecule has 7 rings (SSSR count). The average Bonchev–Trinajstić information content (AvgIpc) is 3.65. The Hall–Kier alpha value is -4.21. The Bertz CT molecular complexity index is 1550. The highest BCUT2D eigenvalue weighted by Gasteiger charge is 2.41. The van der Waals surface area contributed by atoms with E-state index in [1.807, 2.05) is 14.0 Å². The Morgan fingerprint density at radius 3 is 2.68 bits per heavy atom. The summed E-state index contributed by atoms with van der Waals surface area (Å²) in [6, 6.07) is 10.4. The number of nitrogens with zero attached hydrogens (tertiary/aromatic N) is 5. The van der Waals surface area contributed by atoms with Gasteiger partial charge in [-0.25, -0.2) is 4.68 Å². The fraction of sp³-hybridized carbons (Fsp3) is 0.452. The monoisotopic (exact) mass is 553 g/mol. The number of amides is 1. The zero-order chi connectivity index (χ0) is 28.1. The number of Topliss-reactive ketones (excluding diaryl/α,β-unsaturated/α-hetero) is 1. The molecule has 2 aliphatic heterocycles. The molecule has 1 unspecified atom stereocenters. The number of ketones is 1. The summed E-state index contributed by atoms with van der Waals surface area (Å²) in [6.45, 7) is 2.43. The summed E-state index contributed by atoms with van der Waals surface area (Å²) in [5.41, 5.74) is 5.58. The molecule has 2 N–H and O–H groups in total. The van der Waals surface area contributed by atoms with E-state index >= 15 is 0 Å². The SMILES string of the molecule is Cc1cc2cc(n1)-c1cnn(C)c1OCCCC(C1CC1)N1/C(=N/C2=O)Nc2cc(NC3CCC(=O)CC3)ccc21. The van der Waals surface area contributed by atoms with Crippen molar-refractivity contribution in [1.29, 1.82) is 0 Å². The number of hydrogen-bond donors (Lipinski definition) is 2. The second-order valence-electron chi connectivity index (χ2n) is 11.7. The van der Waals surface area contributed by atoms with Crippen LogP contribution in [-0.4, -0.2) is 51.1 Å². The van der Waals surface area contributed by atoms with E-state index in [0.717, 1.165) is 66.8 Å². The van der Waals surface area contributed by atoms with Crippen LogP contribution in [0, 0.1) is 12.8 Å². The quantitative estimate of drug-likeness (QED) is 0.461. The molecule has 1 aromatic carbocycles. The van der Waals surface area contributed by atoms with Crippen LogP contribution in [0.1, 0.15) is 67.4 Å². The summed E-state index contributed by atoms with van der Waals surface area (Å²) in [5, 5.41) is 11.5. The van der Waals surface area contributed by atoms with E-state index in [1.54, 1.807) is 23.0 Å². The van der Waals surface area contributed by atoms with Crippen molar-refractivity contribution in [2.45, 2.75) is 70.4 Å². The Balaban J connectivity index is 1.26. The topological polar surface area (TPSA) is 114 Å². The molecule has 4 aliphatic rings. The van der Waals surface area contributed by atoms with Gasteiger partial charge in [0, 0.05) is 48.9 Å². The molecule has 0 saturated heterocycles. The molecule has 2 saturated carbocycles. The van der Waals surface area contributed by atoms with Crippen LogP contribution in [0.25, 0.3) is 11.3 Å². The Morgan fingerprint density at radius 2 is 1.88 bits per heavy atom. The molecule has 0 spiro atoms. The van der Waals surface area contributed by atoms with Gasteiger partial charge >= 0.3 is 0 Å². The van der Waals surface area contributed by atoms with Crippen LogP contribution in [0.4, 0.5) is 17.1 Å². The molecule has 2 aliphatic carbocycles. The minimum Gasteiger partial charge on any atom is -0.477 e. The van der Waals surface area contributed by atoms with Crippen molar-refractivity contribution < 1.29 is 14.3 Å². The number of ether oxygens (including phenoxy) is 1. The smallest absolute Gasteiger partial charge is 0.280 e. The summed E-state index contributed by atoms with van der Waals surface area (Å²) in [7, 11) is 1.86. The van der Waals surface area contributed by atoms with Gasteiger partial charge < -0.3 is 20.3 Å². The number of aliphatic imine (C=N–C) groups is 1. The maximum Gasteiger partial charge on any atom is 0.280 e. The molecule has 2 bridgehead atoms. The van der Waals surface area contributed by atoms with Crippen LogP contribution >= 0.6 is 0 Å². The number of aromatic nitrogens is 3. The number of carbonyl (C=O) groups excluding carboxylic acids is 2. The molecular formula is C31H35N7O3. The van der Waals surface area contributed by atoms with Gasteiger partial charge in [0.1, 0.15) is 5.78 Å². The Labute approximate surface area is 239 Å². The van der Waals surface area contributed by atoms with Crippen molar-refractivity contribution in [2.75, 3.05) is 22.1 Å². The summed E-state index contributed by atoms with van der Waals surface area (Å²) in [6.07, 6.45) is 8.82. The molecule has 3 aromatic rings. The number of fused-ring (bicyclic) bond motifs is 7. The molecule has 2 aromatic heterocycles. The Kier molecular flexibility index (Phi) is 6.48. The molecule has 212 valence electrons. The average molecular weight is 554 g/mol. The van der Waals surface area contributed by atoms with E-state index in [2.05, 4.69) is 48.8 Å². The summed E-state index contributed by atoms with van der Waals surface area (Å²) in [5.74, 6) is 1.79. The van der Waals surface area contributed by atoms with E-state index in [0.29, 0.717) is 54.2 Å². The number of aryl methyl sites for hydroxylation is 2. The first-order chi connectivity index (χ1) is 19.9. The van der Waals surface area contributed by atoms with Crippen LogP contribution < -0.4 is 20.3 Å². The molecular weight excluding hydrogens is 518 g/mol. The van der Waals surface area contributed by atoms with Gasteiger partial charge in [-0.1, -0.05) is 0 Å². The highest BCUT2D eigenvalue weighted by molar-refractivity contribution is 6.19. The first-order valence-corrected chi connectivity index (χ1v) is 14.7. The molecule has 0 radical (unpaired) electrons. The normalized spacial score (nSPS) is 22.4. The third-order valence-electron chi connectivity index (χ3n) is 8.59. The van der Waals surface area contributed by atoms with Gasteiger partial charge in [0.2, 0.25) is 11.8 Å². The first kappa shape index (κ1) is 25.7. The molecule has 1 atom stereocenters. The third kappa shape index (κ3) is 5.07. The number of hydrogen-bond acceptors (Lipinski definition) is 8. The summed E-state index contributed by atoms with van der Waals surface area (Å²) in [4.78, 5) is 37.0. The van der Waals surface area contributed by atoms with Gasteiger partial charge in [-0.2, -0.15) is 10.1 Å². The van der Waals surface area contributed by atoms with Crippen molar-refractivity contribution >= 4 is 34.7 Å². The second-order valence-corrected chi connectivity index (χ2v) is 11.7. The fourth-order valence-corrected chi connectivity index (χ4v) is 6.35. The van der Waals surface area contributed by atoms with Gasteiger partial charge in [-0.3, -0.25) is 14.6 Å². The van der Waals surface area contributed by atoms with Crippen LogP contribution in [0.2, 0.25) is 0 Å². The van der Waals surface area contributed by atoms with E-state index in [1.165, 1.54) is 0 Å². The van der Waals surface area contributed by atoms with Crippen molar-refractivity contribution in [3.8, 4) is 17.1 Å². The van der Waals surface area contributed by atoms with Crippen molar-refractivity contribution in [3.63, 3.8) is 0 Å². The summed E-state index contributed by atoms with van der Waals surface area (Å²) >= 11 is 0. The zero-order valence-corrected chi connectivity index (χ0v) is 23.5. The van der Waals surface area contributed by atoms with Gasteiger partial charge in [-0.05, 0) is 81.7 Å². The lowest BCUT2D eigenvalue weighted by Gasteiger charge is -2.30. The molecule has 10 heteroatoms. The number of guanidine groups is 1. The van der Waals surface area contributed by atoms with Crippen LogP contribution in [0.15, 0.2) is 41.5 Å². The lowest BCUT2D eigenvalue weighted by molar-refractivity contribution is -0.120. The highest BCUT2D eigenvalue weighted by atomic mass is 16.5. The lowest BCUT2D eigenvalue weighted by atomic mass is 9.94. The minimum atomic E-state index is -0.319. The number of pyridine rings is 1. The number of nitrogens with one attached hydrogen (secondary N) is 2. The highest BCUT2D eigenvalue weighted by Crippen LogP contribution is 2.45. The van der Waals surface area contributed by atoms with E-state index in [9.17, 15) is 9.59 Å². The number of benzene rings is 1. The van der Waals surface area contributed by atoms with E-state index in [4.69, 9.17) is 4.74 Å². The Morgan fingerprint density at radius 1 is 1.05 bits per heavy atom. The van der Waals surface area contributed by atoms with Crippen molar-refractivity contribution in [2.24, 2.45) is 18.0 Å². The molecule has 4 heterocycles. The molecule has 2 fully saturated rings. The molecule has 10 nitrogen and oxygen atoms in total. The van der Waals surface area contributed by atoms with Gasteiger partial charge in [0.25, 0.3) is 5.91 Å². The lowest BCUT2D eigenvalue weighted by Crippen LogP contribution is -2.42. The third-order valence-corrected chi connectivity index (χ3v) is 8.59. The van der Waals surface area contributed by atoms with Crippen LogP contribution in [-0.2, 0) is 11.8 Å². The van der Waals surface area contributed by atoms with E-state index < -0.39 is 0 Å². The number of carbonyl (C=O) groups is 2. The minimum absolute atomic E-state index is 0.200. The maximum atomic E-state index is 13.7. The first-order valence-electron chi connectivity index (χ1n) is 14.7. The van der Waals surface area contributed by atoms with Crippen LogP contribution in [0.5, 0.6) is 5.88 Å². The maximum absolute atomic E-state index is 13.7. The van der Waals surface area contributed by atoms with Gasteiger partial charge in [0.15, 0.2) is 0 Å². The predicted octanol–water partition coefficient (Wildman–Crippen LogP) is 5.09.